The third-order valence-corrected chi connectivity index (χ3v) is 6.73. The molecule has 1 amide bonds. The fourth-order valence-electron chi connectivity index (χ4n) is 3.09. The summed E-state index contributed by atoms with van der Waals surface area (Å²) in [7, 11) is -1.49. The molecule has 0 radical (unpaired) electrons. The van der Waals surface area contributed by atoms with E-state index in [1.807, 2.05) is 7.05 Å². The van der Waals surface area contributed by atoms with Crippen molar-refractivity contribution in [2.75, 3.05) is 51.8 Å². The predicted molar refractivity (Wildman–Crippen MR) is 94.9 cm³/mol. The maximum absolute atomic E-state index is 12.7. The number of hydrogen-bond acceptors (Lipinski definition) is 5. The number of nitrogens with one attached hydrogen (secondary N) is 1. The van der Waals surface area contributed by atoms with E-state index < -0.39 is 10.0 Å². The number of hydrogen-bond donors (Lipinski definition) is 1. The van der Waals surface area contributed by atoms with Crippen LogP contribution >= 0.6 is 0 Å². The Morgan fingerprint density at radius 1 is 1.08 bits per heavy atom. The zero-order chi connectivity index (χ0) is 17.9. The van der Waals surface area contributed by atoms with Crippen molar-refractivity contribution in [3.05, 3.63) is 24.3 Å². The van der Waals surface area contributed by atoms with E-state index in [0.717, 1.165) is 25.9 Å². The molecule has 0 spiro atoms. The number of likely N-dealkylation sites (N-methyl/N-ethyl adjacent to an activating group) is 1. The molecule has 0 bridgehead atoms. The standard InChI is InChI=1S/C17H25N3O4S/c1-19-8-10-20(11-9-19)25(22,23)16-4-2-15(3-5-16)18-17(21)14-6-12-24-13-7-14/h2-5,14H,6-13H2,1H3,(H,18,21). The van der Waals surface area contributed by atoms with E-state index in [9.17, 15) is 13.2 Å². The van der Waals surface area contributed by atoms with E-state index in [2.05, 4.69) is 10.2 Å². The summed E-state index contributed by atoms with van der Waals surface area (Å²) in [6.45, 7) is 3.69. The molecule has 0 atom stereocenters. The summed E-state index contributed by atoms with van der Waals surface area (Å²) in [4.78, 5) is 14.6. The first-order valence-electron chi connectivity index (χ1n) is 8.64. The molecule has 0 unspecified atom stereocenters. The molecule has 7 nitrogen and oxygen atoms in total. The Balaban J connectivity index is 1.64. The predicted octanol–water partition coefficient (Wildman–Crippen LogP) is 0.988. The van der Waals surface area contributed by atoms with Crippen molar-refractivity contribution in [1.29, 1.82) is 0 Å². The molecule has 8 heteroatoms. The second kappa shape index (κ2) is 7.82. The van der Waals surface area contributed by atoms with Gasteiger partial charge in [-0.2, -0.15) is 4.31 Å². The molecule has 3 rings (SSSR count). The van der Waals surface area contributed by atoms with Gasteiger partial charge in [-0.25, -0.2) is 8.42 Å². The van der Waals surface area contributed by atoms with E-state index >= 15 is 0 Å². The molecule has 2 fully saturated rings. The number of sulfonamides is 1. The third-order valence-electron chi connectivity index (χ3n) is 4.81. The van der Waals surface area contributed by atoms with Gasteiger partial charge in [0.2, 0.25) is 15.9 Å². The minimum absolute atomic E-state index is 0.0297. The first kappa shape index (κ1) is 18.3. The summed E-state index contributed by atoms with van der Waals surface area (Å²) in [6.07, 6.45) is 1.45. The molecule has 2 heterocycles. The van der Waals surface area contributed by atoms with Crippen molar-refractivity contribution in [3.8, 4) is 0 Å². The number of carbonyl (C=O) groups excluding carboxylic acids is 1. The van der Waals surface area contributed by atoms with E-state index in [-0.39, 0.29) is 16.7 Å². The van der Waals surface area contributed by atoms with Crippen LogP contribution in [0.3, 0.4) is 0 Å². The highest BCUT2D eigenvalue weighted by Gasteiger charge is 2.27. The SMILES string of the molecule is CN1CCN(S(=O)(=O)c2ccc(NC(=O)C3CCOCC3)cc2)CC1. The van der Waals surface area contributed by atoms with Crippen molar-refractivity contribution in [2.24, 2.45) is 5.92 Å². The second-order valence-electron chi connectivity index (χ2n) is 6.61. The van der Waals surface area contributed by atoms with E-state index in [1.165, 1.54) is 4.31 Å². The molecule has 25 heavy (non-hydrogen) atoms. The lowest BCUT2D eigenvalue weighted by Gasteiger charge is -2.31. The normalized spacial score (nSPS) is 21.2. The summed E-state index contributed by atoms with van der Waals surface area (Å²) >= 11 is 0. The van der Waals surface area contributed by atoms with Crippen molar-refractivity contribution in [2.45, 2.75) is 17.7 Å². The highest BCUT2D eigenvalue weighted by molar-refractivity contribution is 7.89. The summed E-state index contributed by atoms with van der Waals surface area (Å²) in [6, 6.07) is 6.43. The zero-order valence-corrected chi connectivity index (χ0v) is 15.3. The van der Waals surface area contributed by atoms with E-state index in [1.54, 1.807) is 24.3 Å². The average Bonchev–Trinajstić information content (AvgIpc) is 2.63. The lowest BCUT2D eigenvalue weighted by Crippen LogP contribution is -2.46. The highest BCUT2D eigenvalue weighted by Crippen LogP contribution is 2.21. The van der Waals surface area contributed by atoms with Gasteiger partial charge in [-0.15, -0.1) is 0 Å². The van der Waals surface area contributed by atoms with Gasteiger partial charge < -0.3 is 15.0 Å². The van der Waals surface area contributed by atoms with Crippen LogP contribution in [-0.4, -0.2) is 70.0 Å². The Bertz CT molecular complexity index is 691. The van der Waals surface area contributed by atoms with Gasteiger partial charge in [-0.3, -0.25) is 4.79 Å². The Morgan fingerprint density at radius 3 is 2.28 bits per heavy atom. The first-order chi connectivity index (χ1) is 12.0. The molecule has 2 aliphatic heterocycles. The maximum atomic E-state index is 12.7. The summed E-state index contributed by atoms with van der Waals surface area (Å²) in [5, 5.41) is 2.87. The number of rotatable bonds is 4. The molecule has 1 aromatic rings. The smallest absolute Gasteiger partial charge is 0.243 e. The number of carbonyl (C=O) groups is 1. The number of ether oxygens (including phenoxy) is 1. The van der Waals surface area contributed by atoms with Crippen molar-refractivity contribution in [1.82, 2.24) is 9.21 Å². The van der Waals surface area contributed by atoms with Gasteiger partial charge in [0.1, 0.15) is 0 Å². The zero-order valence-electron chi connectivity index (χ0n) is 14.5. The Kier molecular flexibility index (Phi) is 5.73. The minimum Gasteiger partial charge on any atom is -0.381 e. The molecule has 2 saturated heterocycles. The van der Waals surface area contributed by atoms with Gasteiger partial charge in [-0.1, -0.05) is 0 Å². The fourth-order valence-corrected chi connectivity index (χ4v) is 4.51. The van der Waals surface area contributed by atoms with E-state index in [4.69, 9.17) is 4.74 Å². The Morgan fingerprint density at radius 2 is 1.68 bits per heavy atom. The second-order valence-corrected chi connectivity index (χ2v) is 8.55. The number of piperazine rings is 1. The lowest BCUT2D eigenvalue weighted by molar-refractivity contribution is -0.122. The molecule has 0 aliphatic carbocycles. The van der Waals surface area contributed by atoms with E-state index in [0.29, 0.717) is 32.0 Å². The molecular weight excluding hydrogens is 342 g/mol. The van der Waals surface area contributed by atoms with Crippen LogP contribution in [0.25, 0.3) is 0 Å². The summed E-state index contributed by atoms with van der Waals surface area (Å²) in [5.74, 6) is -0.0690. The Labute approximate surface area is 149 Å². The maximum Gasteiger partial charge on any atom is 0.243 e. The topological polar surface area (TPSA) is 79.0 Å². The van der Waals surface area contributed by atoms with Crippen LogP contribution in [0.5, 0.6) is 0 Å². The summed E-state index contributed by atoms with van der Waals surface area (Å²) < 4.78 is 32.1. The number of anilines is 1. The van der Waals surface area contributed by atoms with Crippen molar-refractivity contribution in [3.63, 3.8) is 0 Å². The van der Waals surface area contributed by atoms with Gasteiger partial charge in [0, 0.05) is 51.0 Å². The molecule has 1 aromatic carbocycles. The van der Waals surface area contributed by atoms with Gasteiger partial charge in [0.05, 0.1) is 4.90 Å². The fraction of sp³-hybridized carbons (Fsp3) is 0.588. The average molecular weight is 367 g/mol. The minimum atomic E-state index is -3.47. The quantitative estimate of drug-likeness (QED) is 0.859. The Hall–Kier alpha value is -1.48. The number of amides is 1. The van der Waals surface area contributed by atoms with Crippen LogP contribution in [0.15, 0.2) is 29.2 Å². The third kappa shape index (κ3) is 4.38. The van der Waals surface area contributed by atoms with Crippen molar-refractivity contribution >= 4 is 21.6 Å². The van der Waals surface area contributed by atoms with Crippen LogP contribution in [0.2, 0.25) is 0 Å². The van der Waals surface area contributed by atoms with Crippen LogP contribution in [0.1, 0.15) is 12.8 Å². The van der Waals surface area contributed by atoms with Crippen LogP contribution in [0.4, 0.5) is 5.69 Å². The molecule has 138 valence electrons. The number of nitrogens with zero attached hydrogens (tertiary/aromatic N) is 2. The van der Waals surface area contributed by atoms with Gasteiger partial charge in [0.25, 0.3) is 0 Å². The van der Waals surface area contributed by atoms with Crippen molar-refractivity contribution < 1.29 is 17.9 Å². The molecule has 0 saturated carbocycles. The van der Waals surface area contributed by atoms with Crippen LogP contribution in [-0.2, 0) is 19.6 Å². The number of benzene rings is 1. The van der Waals surface area contributed by atoms with Gasteiger partial charge in [-0.05, 0) is 44.2 Å². The van der Waals surface area contributed by atoms with Crippen LogP contribution in [0, 0.1) is 5.92 Å². The lowest BCUT2D eigenvalue weighted by atomic mass is 9.99. The molecule has 1 N–H and O–H groups in total. The molecular formula is C17H25N3O4S. The van der Waals surface area contributed by atoms with Gasteiger partial charge in [0.15, 0.2) is 0 Å². The highest BCUT2D eigenvalue weighted by atomic mass is 32.2. The monoisotopic (exact) mass is 367 g/mol. The molecule has 0 aromatic heterocycles. The largest absolute Gasteiger partial charge is 0.381 e. The van der Waals surface area contributed by atoms with Crippen LogP contribution < -0.4 is 5.32 Å². The first-order valence-corrected chi connectivity index (χ1v) is 10.1. The van der Waals surface area contributed by atoms with Gasteiger partial charge >= 0.3 is 0 Å². The summed E-state index contributed by atoms with van der Waals surface area (Å²) in [5.41, 5.74) is 0.619. The molecule has 2 aliphatic rings.